The van der Waals surface area contributed by atoms with E-state index in [0.29, 0.717) is 17.1 Å². The lowest BCUT2D eigenvalue weighted by Crippen LogP contribution is -2.60. The van der Waals surface area contributed by atoms with E-state index < -0.39 is 90.1 Å². The number of phenols is 1. The summed E-state index contributed by atoms with van der Waals surface area (Å²) in [6.07, 6.45) is 4.61. The molecule has 2 aromatic carbocycles. The number of phenolic OH excluding ortho intramolecular Hbond substituents is 1. The van der Waals surface area contributed by atoms with Crippen molar-refractivity contribution in [3.63, 3.8) is 0 Å². The number of para-hydroxylation sites is 1. The highest BCUT2D eigenvalue weighted by molar-refractivity contribution is 7.98. The average molecular weight is 844 g/mol. The Labute approximate surface area is 344 Å². The molecule has 0 saturated carbocycles. The minimum Gasteiger partial charge on any atom is -0.508 e. The third kappa shape index (κ3) is 14.6. The summed E-state index contributed by atoms with van der Waals surface area (Å²) < 4.78 is 0. The lowest BCUT2D eigenvalue weighted by atomic mass is 10.0. The number of carboxylic acids is 2. The number of nitrogens with one attached hydrogen (secondary N) is 6. The van der Waals surface area contributed by atoms with E-state index in [4.69, 9.17) is 5.73 Å². The minimum atomic E-state index is -1.65. The first-order chi connectivity index (χ1) is 27.5. The fourth-order valence-corrected chi connectivity index (χ4v) is 6.91. The van der Waals surface area contributed by atoms with E-state index in [1.54, 1.807) is 32.6 Å². The van der Waals surface area contributed by atoms with Crippen LogP contribution < -0.4 is 32.3 Å². The molecular weight excluding hydrogens is 791 g/mol. The summed E-state index contributed by atoms with van der Waals surface area (Å²) in [4.78, 5) is 94.8. The van der Waals surface area contributed by atoms with Crippen molar-refractivity contribution in [2.45, 2.75) is 82.2 Å². The van der Waals surface area contributed by atoms with Gasteiger partial charge >= 0.3 is 11.9 Å². The van der Waals surface area contributed by atoms with Gasteiger partial charge in [-0.3, -0.25) is 28.8 Å². The molecule has 0 saturated heterocycles. The number of fused-ring (bicyclic) bond motifs is 1. The van der Waals surface area contributed by atoms with Crippen LogP contribution in [0.3, 0.4) is 0 Å². The molecule has 5 amide bonds. The molecule has 0 aliphatic rings. The molecule has 6 atom stereocenters. The number of nitrogens with two attached hydrogens (primary N) is 1. The number of rotatable bonds is 24. The minimum absolute atomic E-state index is 0.0570. The molecule has 0 spiro atoms. The van der Waals surface area contributed by atoms with Gasteiger partial charge in [-0.15, -0.1) is 0 Å². The summed E-state index contributed by atoms with van der Waals surface area (Å²) in [6.45, 7) is 3.34. The van der Waals surface area contributed by atoms with Gasteiger partial charge in [-0.1, -0.05) is 44.2 Å². The van der Waals surface area contributed by atoms with Crippen LogP contribution >= 0.6 is 23.5 Å². The number of carbonyl (C=O) groups excluding carboxylic acids is 5. The lowest BCUT2D eigenvalue weighted by molar-refractivity contribution is -0.143. The highest BCUT2D eigenvalue weighted by Crippen LogP contribution is 2.19. The van der Waals surface area contributed by atoms with Gasteiger partial charge in [0.25, 0.3) is 0 Å². The third-order valence-electron chi connectivity index (χ3n) is 9.19. The number of H-pyrrole nitrogens is 1. The molecule has 0 radical (unpaired) electrons. The molecule has 1 heterocycles. The molecule has 11 N–H and O–H groups in total. The summed E-state index contributed by atoms with van der Waals surface area (Å²) in [5, 5.41) is 42.7. The number of benzene rings is 2. The van der Waals surface area contributed by atoms with Gasteiger partial charge in [0, 0.05) is 23.5 Å². The van der Waals surface area contributed by atoms with E-state index in [1.165, 1.54) is 47.8 Å². The molecule has 316 valence electrons. The molecule has 1 aromatic heterocycles. The highest BCUT2D eigenvalue weighted by Gasteiger charge is 2.34. The smallest absolute Gasteiger partial charge is 0.326 e. The van der Waals surface area contributed by atoms with Crippen molar-refractivity contribution in [1.82, 2.24) is 31.6 Å². The molecule has 0 aliphatic heterocycles. The summed E-state index contributed by atoms with van der Waals surface area (Å²) in [6, 6.07) is 5.33. The maximum Gasteiger partial charge on any atom is 0.326 e. The Balaban J connectivity index is 1.83. The second-order valence-electron chi connectivity index (χ2n) is 14.0. The Morgan fingerprint density at radius 2 is 1.24 bits per heavy atom. The number of aromatic amines is 1. The molecule has 17 nitrogen and oxygen atoms in total. The van der Waals surface area contributed by atoms with Gasteiger partial charge in [-0.25, -0.2) is 4.79 Å². The first-order valence-corrected chi connectivity index (χ1v) is 21.4. The van der Waals surface area contributed by atoms with Crippen LogP contribution in [0.2, 0.25) is 0 Å². The summed E-state index contributed by atoms with van der Waals surface area (Å²) in [5.74, 6) is -6.40. The Morgan fingerprint density at radius 1 is 0.690 bits per heavy atom. The van der Waals surface area contributed by atoms with Crippen molar-refractivity contribution >= 4 is 75.9 Å². The van der Waals surface area contributed by atoms with Crippen LogP contribution in [0, 0.1) is 5.92 Å². The quantitative estimate of drug-likeness (QED) is 0.0607. The van der Waals surface area contributed by atoms with Crippen LogP contribution in [0.25, 0.3) is 10.9 Å². The van der Waals surface area contributed by atoms with E-state index in [-0.39, 0.29) is 31.4 Å². The van der Waals surface area contributed by atoms with Gasteiger partial charge < -0.3 is 52.6 Å². The van der Waals surface area contributed by atoms with E-state index in [2.05, 4.69) is 31.6 Å². The largest absolute Gasteiger partial charge is 0.508 e. The topological polar surface area (TPSA) is 282 Å². The predicted molar refractivity (Wildman–Crippen MR) is 222 cm³/mol. The second-order valence-corrected chi connectivity index (χ2v) is 16.0. The van der Waals surface area contributed by atoms with Crippen LogP contribution in [0.1, 0.15) is 44.2 Å². The van der Waals surface area contributed by atoms with Crippen LogP contribution in [-0.2, 0) is 46.4 Å². The number of thioether (sulfide) groups is 2. The van der Waals surface area contributed by atoms with Crippen molar-refractivity contribution < 1.29 is 48.9 Å². The van der Waals surface area contributed by atoms with Gasteiger partial charge in [-0.2, -0.15) is 23.5 Å². The van der Waals surface area contributed by atoms with Gasteiger partial charge in [0.2, 0.25) is 29.5 Å². The molecule has 0 bridgehead atoms. The number of hydrogen-bond acceptors (Lipinski definition) is 11. The number of amides is 5. The Hall–Kier alpha value is -5.27. The van der Waals surface area contributed by atoms with Crippen molar-refractivity contribution in [2.24, 2.45) is 11.7 Å². The monoisotopic (exact) mass is 843 g/mol. The fraction of sp³-hybridized carbons (Fsp3) is 0.462. The lowest BCUT2D eigenvalue weighted by Gasteiger charge is -2.28. The maximum absolute atomic E-state index is 14.0. The van der Waals surface area contributed by atoms with Crippen molar-refractivity contribution in [1.29, 1.82) is 0 Å². The van der Waals surface area contributed by atoms with Crippen molar-refractivity contribution in [3.05, 3.63) is 65.9 Å². The molecular formula is C39H53N7O10S2. The third-order valence-corrected chi connectivity index (χ3v) is 10.5. The highest BCUT2D eigenvalue weighted by atomic mass is 32.2. The number of carbonyl (C=O) groups is 7. The van der Waals surface area contributed by atoms with Gasteiger partial charge in [-0.05, 0) is 78.5 Å². The first-order valence-electron chi connectivity index (χ1n) is 18.6. The molecule has 3 rings (SSSR count). The van der Waals surface area contributed by atoms with Gasteiger partial charge in [0.1, 0.15) is 36.0 Å². The van der Waals surface area contributed by atoms with Gasteiger partial charge in [0.05, 0.1) is 12.5 Å². The summed E-state index contributed by atoms with van der Waals surface area (Å²) >= 11 is 2.81. The van der Waals surface area contributed by atoms with E-state index in [1.807, 2.05) is 24.3 Å². The van der Waals surface area contributed by atoms with Crippen LogP contribution in [0.4, 0.5) is 0 Å². The Morgan fingerprint density at radius 3 is 1.84 bits per heavy atom. The van der Waals surface area contributed by atoms with E-state index in [0.717, 1.165) is 16.5 Å². The number of carboxylic acid groups (broad SMARTS) is 2. The predicted octanol–water partition coefficient (Wildman–Crippen LogP) is 1.13. The number of aliphatic carboxylic acids is 2. The zero-order chi connectivity index (χ0) is 42.9. The molecule has 3 aromatic rings. The van der Waals surface area contributed by atoms with Crippen LogP contribution in [-0.4, -0.2) is 122 Å². The first kappa shape index (κ1) is 47.1. The second kappa shape index (κ2) is 23.2. The summed E-state index contributed by atoms with van der Waals surface area (Å²) in [7, 11) is 0. The zero-order valence-corrected chi connectivity index (χ0v) is 34.4. The van der Waals surface area contributed by atoms with Gasteiger partial charge in [0.15, 0.2) is 0 Å². The van der Waals surface area contributed by atoms with Crippen LogP contribution in [0.5, 0.6) is 5.75 Å². The molecule has 58 heavy (non-hydrogen) atoms. The number of aromatic hydroxyl groups is 1. The van der Waals surface area contributed by atoms with Crippen molar-refractivity contribution in [2.75, 3.05) is 24.0 Å². The zero-order valence-electron chi connectivity index (χ0n) is 32.8. The summed E-state index contributed by atoms with van der Waals surface area (Å²) in [5.41, 5.74) is 8.26. The standard InChI is InChI=1S/C39H53N7O10S2/c1-21(2)33(38(54)43-29(39(55)56)14-16-58-4)46-35(51)28(13-15-57-3)42-36(52)30(17-22-9-11-24(47)12-10-22)45-37(53)31(19-32(48)49)44-34(50)26(40)18-23-20-41-27-8-6-5-7-25(23)27/h5-12,20-21,26,28-31,33,41,47H,13-19,40H2,1-4H3,(H,42,52)(H,43,54)(H,44,50)(H,45,53)(H,46,51)(H,48,49)(H,55,56)/t26-,28-,29+,30-,31-,33-/m0/s1. The SMILES string of the molecule is CSCC[C@H](NC(=O)[C@H](Cc1ccc(O)cc1)NC(=O)[C@H](CC(=O)O)NC(=O)[C@@H](N)Cc1c[nH]c2ccccc12)C(=O)N[C@H](C(=O)N[C@H](CCSC)C(=O)O)C(C)C. The van der Waals surface area contributed by atoms with E-state index in [9.17, 15) is 48.9 Å². The Kier molecular flexibility index (Phi) is 18.9. The van der Waals surface area contributed by atoms with E-state index >= 15 is 0 Å². The van der Waals surface area contributed by atoms with Crippen LogP contribution in [0.15, 0.2) is 54.7 Å². The molecule has 0 fully saturated rings. The van der Waals surface area contributed by atoms with Crippen molar-refractivity contribution in [3.8, 4) is 5.75 Å². The molecule has 0 aliphatic carbocycles. The average Bonchev–Trinajstić information content (AvgIpc) is 3.58. The maximum atomic E-state index is 14.0. The Bertz CT molecular complexity index is 1890. The fourth-order valence-electron chi connectivity index (χ4n) is 5.96. The molecule has 19 heteroatoms. The number of hydrogen-bond donors (Lipinski definition) is 10. The normalized spacial score (nSPS) is 14.3. The molecule has 0 unspecified atom stereocenters. The number of aromatic nitrogens is 1.